The predicted octanol–water partition coefficient (Wildman–Crippen LogP) is 2.21. The Labute approximate surface area is 118 Å². The fraction of sp³-hybridized carbons (Fsp3) is 0.467. The van der Waals surface area contributed by atoms with Crippen molar-refractivity contribution >= 4 is 0 Å². The molecular formula is C15H19N3O2. The first kappa shape index (κ1) is 13.3. The summed E-state index contributed by atoms with van der Waals surface area (Å²) in [5, 5.41) is 8.08. The van der Waals surface area contributed by atoms with Crippen molar-refractivity contribution in [2.75, 3.05) is 19.7 Å². The first-order valence-electron chi connectivity index (χ1n) is 7.05. The molecule has 0 spiro atoms. The highest BCUT2D eigenvalue weighted by Crippen LogP contribution is 2.22. The normalized spacial score (nSPS) is 20.1. The number of ether oxygens (including phenoxy) is 1. The predicted molar refractivity (Wildman–Crippen MR) is 74.1 cm³/mol. The highest BCUT2D eigenvalue weighted by Gasteiger charge is 2.23. The number of hydrogen-bond acceptors (Lipinski definition) is 5. The number of benzene rings is 1. The molecule has 1 fully saturated rings. The lowest BCUT2D eigenvalue weighted by Crippen LogP contribution is -2.37. The first-order chi connectivity index (χ1) is 9.85. The minimum atomic E-state index is 0.124. The van der Waals surface area contributed by atoms with Gasteiger partial charge in [0.2, 0.25) is 11.8 Å². The van der Waals surface area contributed by atoms with E-state index in [-0.39, 0.29) is 6.10 Å². The van der Waals surface area contributed by atoms with Crippen LogP contribution in [0.25, 0.3) is 0 Å². The van der Waals surface area contributed by atoms with Crippen molar-refractivity contribution in [1.82, 2.24) is 15.1 Å². The Kier molecular flexibility index (Phi) is 4.08. The Bertz CT molecular complexity index is 541. The molecule has 0 N–H and O–H groups in total. The second-order valence-electron chi connectivity index (χ2n) is 4.95. The van der Waals surface area contributed by atoms with Gasteiger partial charge in [-0.3, -0.25) is 4.90 Å². The molecular weight excluding hydrogens is 254 g/mol. The van der Waals surface area contributed by atoms with Crippen LogP contribution in [0.5, 0.6) is 0 Å². The Balaban J connectivity index is 1.63. The van der Waals surface area contributed by atoms with Crippen LogP contribution in [0, 0.1) is 0 Å². The molecule has 5 heteroatoms. The Hall–Kier alpha value is -1.72. The fourth-order valence-corrected chi connectivity index (χ4v) is 2.40. The number of aromatic nitrogens is 2. The van der Waals surface area contributed by atoms with Crippen LogP contribution in [0.1, 0.15) is 30.4 Å². The van der Waals surface area contributed by atoms with E-state index in [2.05, 4.69) is 27.2 Å². The van der Waals surface area contributed by atoms with Crippen LogP contribution in [-0.4, -0.2) is 34.8 Å². The number of hydrogen-bond donors (Lipinski definition) is 0. The SMILES string of the molecule is CCc1nnc(CN2CCOC(c3ccccc3)C2)o1. The molecule has 0 bridgehead atoms. The van der Waals surface area contributed by atoms with Gasteiger partial charge in [-0.25, -0.2) is 0 Å². The maximum atomic E-state index is 5.85. The smallest absolute Gasteiger partial charge is 0.230 e. The van der Waals surface area contributed by atoms with Crippen molar-refractivity contribution in [1.29, 1.82) is 0 Å². The molecule has 1 aromatic heterocycles. The van der Waals surface area contributed by atoms with Crippen LogP contribution < -0.4 is 0 Å². The Morgan fingerprint density at radius 2 is 2.00 bits per heavy atom. The lowest BCUT2D eigenvalue weighted by Gasteiger charge is -2.32. The summed E-state index contributed by atoms with van der Waals surface area (Å²) in [6, 6.07) is 10.3. The third-order valence-electron chi connectivity index (χ3n) is 3.49. The van der Waals surface area contributed by atoms with Crippen LogP contribution in [0.2, 0.25) is 0 Å². The molecule has 1 aromatic carbocycles. The highest BCUT2D eigenvalue weighted by molar-refractivity contribution is 5.18. The zero-order valence-corrected chi connectivity index (χ0v) is 11.7. The summed E-state index contributed by atoms with van der Waals surface area (Å²) >= 11 is 0. The standard InChI is InChI=1S/C15H19N3O2/c1-2-14-16-17-15(20-14)11-18-8-9-19-13(10-18)12-6-4-3-5-7-12/h3-7,13H,2,8-11H2,1H3. The molecule has 106 valence electrons. The minimum absolute atomic E-state index is 0.124. The second kappa shape index (κ2) is 6.15. The molecule has 1 atom stereocenters. The van der Waals surface area contributed by atoms with Gasteiger partial charge in [-0.05, 0) is 5.56 Å². The van der Waals surface area contributed by atoms with E-state index in [1.54, 1.807) is 0 Å². The molecule has 0 aliphatic carbocycles. The van der Waals surface area contributed by atoms with Gasteiger partial charge in [0.15, 0.2) is 0 Å². The quantitative estimate of drug-likeness (QED) is 0.855. The topological polar surface area (TPSA) is 51.4 Å². The number of aryl methyl sites for hydroxylation is 1. The van der Waals surface area contributed by atoms with Gasteiger partial charge in [0.1, 0.15) is 0 Å². The summed E-state index contributed by atoms with van der Waals surface area (Å²) in [4.78, 5) is 2.30. The average molecular weight is 273 g/mol. The minimum Gasteiger partial charge on any atom is -0.424 e. The van der Waals surface area contributed by atoms with Crippen LogP contribution >= 0.6 is 0 Å². The number of nitrogens with zero attached hydrogens (tertiary/aromatic N) is 3. The third kappa shape index (κ3) is 3.05. The zero-order chi connectivity index (χ0) is 13.8. The molecule has 0 radical (unpaired) electrons. The Morgan fingerprint density at radius 1 is 1.20 bits per heavy atom. The molecule has 2 aromatic rings. The Morgan fingerprint density at radius 3 is 2.75 bits per heavy atom. The van der Waals surface area contributed by atoms with Crippen molar-refractivity contribution in [2.24, 2.45) is 0 Å². The average Bonchev–Trinajstić information content (AvgIpc) is 2.96. The monoisotopic (exact) mass is 273 g/mol. The molecule has 20 heavy (non-hydrogen) atoms. The molecule has 5 nitrogen and oxygen atoms in total. The number of morpholine rings is 1. The van der Waals surface area contributed by atoms with Crippen molar-refractivity contribution in [3.63, 3.8) is 0 Å². The van der Waals surface area contributed by atoms with Crippen molar-refractivity contribution < 1.29 is 9.15 Å². The van der Waals surface area contributed by atoms with Crippen molar-refractivity contribution in [3.8, 4) is 0 Å². The largest absolute Gasteiger partial charge is 0.424 e. The lowest BCUT2D eigenvalue weighted by molar-refractivity contribution is -0.0352. The van der Waals surface area contributed by atoms with Gasteiger partial charge in [-0.1, -0.05) is 37.3 Å². The van der Waals surface area contributed by atoms with E-state index < -0.39 is 0 Å². The van der Waals surface area contributed by atoms with Gasteiger partial charge in [0.05, 0.1) is 19.3 Å². The molecule has 0 saturated carbocycles. The van der Waals surface area contributed by atoms with E-state index in [9.17, 15) is 0 Å². The molecule has 2 heterocycles. The van der Waals surface area contributed by atoms with E-state index in [0.717, 1.165) is 26.1 Å². The van der Waals surface area contributed by atoms with E-state index in [1.807, 2.05) is 25.1 Å². The van der Waals surface area contributed by atoms with Gasteiger partial charge in [-0.15, -0.1) is 10.2 Å². The molecule has 1 unspecified atom stereocenters. The maximum Gasteiger partial charge on any atom is 0.230 e. The summed E-state index contributed by atoms with van der Waals surface area (Å²) in [5.41, 5.74) is 1.22. The highest BCUT2D eigenvalue weighted by atomic mass is 16.5. The second-order valence-corrected chi connectivity index (χ2v) is 4.95. The van der Waals surface area contributed by atoms with Gasteiger partial charge >= 0.3 is 0 Å². The van der Waals surface area contributed by atoms with E-state index in [1.165, 1.54) is 5.56 Å². The lowest BCUT2D eigenvalue weighted by atomic mass is 10.1. The summed E-state index contributed by atoms with van der Waals surface area (Å²) in [6.07, 6.45) is 0.904. The van der Waals surface area contributed by atoms with Crippen LogP contribution in [0.4, 0.5) is 0 Å². The van der Waals surface area contributed by atoms with Crippen molar-refractivity contribution in [2.45, 2.75) is 26.0 Å². The summed E-state index contributed by atoms with van der Waals surface area (Å²) in [5.74, 6) is 1.39. The summed E-state index contributed by atoms with van der Waals surface area (Å²) < 4.78 is 11.4. The van der Waals surface area contributed by atoms with Crippen molar-refractivity contribution in [3.05, 3.63) is 47.7 Å². The molecule has 3 rings (SSSR count). The van der Waals surface area contributed by atoms with Gasteiger partial charge < -0.3 is 9.15 Å². The van der Waals surface area contributed by atoms with Crippen LogP contribution in [-0.2, 0) is 17.7 Å². The third-order valence-corrected chi connectivity index (χ3v) is 3.49. The molecule has 1 aliphatic heterocycles. The fourth-order valence-electron chi connectivity index (χ4n) is 2.40. The number of rotatable bonds is 4. The summed E-state index contributed by atoms with van der Waals surface area (Å²) in [7, 11) is 0. The maximum absolute atomic E-state index is 5.85. The van der Waals surface area contributed by atoms with Crippen LogP contribution in [0.3, 0.4) is 0 Å². The summed E-state index contributed by atoms with van der Waals surface area (Å²) in [6.45, 7) is 5.19. The first-order valence-corrected chi connectivity index (χ1v) is 7.05. The van der Waals surface area contributed by atoms with Gasteiger partial charge in [0, 0.05) is 19.5 Å². The van der Waals surface area contributed by atoms with Crippen LogP contribution in [0.15, 0.2) is 34.7 Å². The van der Waals surface area contributed by atoms with E-state index in [4.69, 9.17) is 9.15 Å². The molecule has 1 aliphatic rings. The van der Waals surface area contributed by atoms with Gasteiger partial charge in [0.25, 0.3) is 0 Å². The van der Waals surface area contributed by atoms with E-state index in [0.29, 0.717) is 18.3 Å². The van der Waals surface area contributed by atoms with Gasteiger partial charge in [-0.2, -0.15) is 0 Å². The molecule has 1 saturated heterocycles. The zero-order valence-electron chi connectivity index (χ0n) is 11.7. The molecule has 0 amide bonds. The van der Waals surface area contributed by atoms with E-state index >= 15 is 0 Å².